The van der Waals surface area contributed by atoms with Crippen molar-refractivity contribution in [1.29, 1.82) is 0 Å². The summed E-state index contributed by atoms with van der Waals surface area (Å²) >= 11 is 9.69. The van der Waals surface area contributed by atoms with Crippen molar-refractivity contribution in [3.05, 3.63) is 97.0 Å². The van der Waals surface area contributed by atoms with Gasteiger partial charge in [0.1, 0.15) is 6.61 Å². The second-order valence-corrected chi connectivity index (χ2v) is 10.5. The Hall–Kier alpha value is -3.14. The maximum atomic E-state index is 13.3. The van der Waals surface area contributed by atoms with Crippen LogP contribution in [0.15, 0.2) is 65.1 Å². The van der Waals surface area contributed by atoms with E-state index in [0.29, 0.717) is 44.4 Å². The number of fused-ring (bicyclic) bond motifs is 2. The van der Waals surface area contributed by atoms with Gasteiger partial charge in [0.2, 0.25) is 0 Å². The molecule has 10 heteroatoms. The minimum atomic E-state index is -1.48. The van der Waals surface area contributed by atoms with Crippen LogP contribution in [-0.4, -0.2) is 29.5 Å². The zero-order valence-electron chi connectivity index (χ0n) is 20.2. The van der Waals surface area contributed by atoms with Crippen molar-refractivity contribution in [3.8, 4) is 11.5 Å². The zero-order valence-corrected chi connectivity index (χ0v) is 22.5. The molecule has 1 fully saturated rings. The number of amides is 1. The summed E-state index contributed by atoms with van der Waals surface area (Å²) in [6.45, 7) is 4.36. The van der Waals surface area contributed by atoms with Crippen molar-refractivity contribution in [3.63, 3.8) is 0 Å². The smallest absolute Gasteiger partial charge is 0.256 e. The number of carbonyl (C=O) groups is 1. The Morgan fingerprint density at radius 2 is 1.92 bits per heavy atom. The summed E-state index contributed by atoms with van der Waals surface area (Å²) in [5, 5.41) is 19.3. The van der Waals surface area contributed by atoms with Gasteiger partial charge in [0.05, 0.1) is 17.0 Å². The Morgan fingerprint density at radius 1 is 1.14 bits per heavy atom. The number of benzene rings is 3. The molecule has 0 saturated carbocycles. The highest BCUT2D eigenvalue weighted by atomic mass is 79.9. The van der Waals surface area contributed by atoms with Crippen LogP contribution in [0, 0.1) is 10.1 Å². The van der Waals surface area contributed by atoms with Gasteiger partial charge in [0.25, 0.3) is 11.9 Å². The van der Waals surface area contributed by atoms with Crippen LogP contribution >= 0.6 is 27.5 Å². The van der Waals surface area contributed by atoms with E-state index in [-0.39, 0.29) is 17.6 Å². The first kappa shape index (κ1) is 25.5. The number of para-hydroxylation sites is 1. The molecule has 0 unspecified atom stereocenters. The Labute approximate surface area is 227 Å². The quantitative estimate of drug-likeness (QED) is 0.274. The van der Waals surface area contributed by atoms with Gasteiger partial charge >= 0.3 is 0 Å². The van der Waals surface area contributed by atoms with E-state index in [0.717, 1.165) is 5.56 Å². The number of halogens is 2. The molecule has 2 N–H and O–H groups in total. The number of carbonyl (C=O) groups excluding carboxylic acids is 1. The Balaban J connectivity index is 1.55. The number of nitrogens with one attached hydrogen (secondary N) is 2. The van der Waals surface area contributed by atoms with Crippen LogP contribution < -0.4 is 20.1 Å². The van der Waals surface area contributed by atoms with Crippen LogP contribution in [0.5, 0.6) is 11.5 Å². The van der Waals surface area contributed by atoms with E-state index in [4.69, 9.17) is 21.1 Å². The van der Waals surface area contributed by atoms with Crippen LogP contribution in [0.25, 0.3) is 0 Å². The van der Waals surface area contributed by atoms with E-state index >= 15 is 0 Å². The van der Waals surface area contributed by atoms with E-state index in [1.165, 1.54) is 0 Å². The van der Waals surface area contributed by atoms with Crippen molar-refractivity contribution in [1.82, 2.24) is 5.32 Å². The average Bonchev–Trinajstić information content (AvgIpc) is 3.32. The molecule has 0 aromatic heterocycles. The summed E-state index contributed by atoms with van der Waals surface area (Å²) in [5.74, 6) is -0.0966. The fraction of sp³-hybridized carbons (Fsp3) is 0.296. The number of anilines is 1. The van der Waals surface area contributed by atoms with Gasteiger partial charge in [-0.25, -0.2) is 0 Å². The topological polar surface area (TPSA) is 103 Å². The summed E-state index contributed by atoms with van der Waals surface area (Å²) < 4.78 is 12.6. The average molecular weight is 587 g/mol. The highest BCUT2D eigenvalue weighted by molar-refractivity contribution is 9.10. The molecule has 3 aromatic rings. The molecule has 1 saturated heterocycles. The molecule has 2 aliphatic rings. The molecule has 2 heterocycles. The lowest BCUT2D eigenvalue weighted by atomic mass is 9.78. The Morgan fingerprint density at radius 3 is 2.65 bits per heavy atom. The second kappa shape index (κ2) is 9.96. The van der Waals surface area contributed by atoms with E-state index in [1.807, 2.05) is 38.1 Å². The standard InChI is InChI=1S/C27H25BrClN3O5/c1-3-36-22-13-17(12-20(28)24(22)37-14-16-7-6-8-18(29)11-16)23-15(2)31-27(25(23)32(34)35)19-9-4-5-10-21(19)30-26(27)33/h4-13,15,23,25,31H,3,14H2,1-2H3,(H,30,33)/t15-,23-,25-,27-/m0/s1. The molecule has 192 valence electrons. The second-order valence-electron chi connectivity index (χ2n) is 9.18. The highest BCUT2D eigenvalue weighted by Gasteiger charge is 2.67. The first-order chi connectivity index (χ1) is 17.8. The predicted molar refractivity (Wildman–Crippen MR) is 144 cm³/mol. The minimum absolute atomic E-state index is 0.261. The molecule has 2 aliphatic heterocycles. The van der Waals surface area contributed by atoms with Crippen molar-refractivity contribution in [2.24, 2.45) is 0 Å². The lowest BCUT2D eigenvalue weighted by Crippen LogP contribution is -2.54. The lowest BCUT2D eigenvalue weighted by molar-refractivity contribution is -0.532. The zero-order chi connectivity index (χ0) is 26.3. The molecule has 0 aliphatic carbocycles. The number of hydrogen-bond donors (Lipinski definition) is 2. The highest BCUT2D eigenvalue weighted by Crippen LogP contribution is 2.51. The number of rotatable bonds is 7. The molecular weight excluding hydrogens is 562 g/mol. The number of ether oxygens (including phenoxy) is 2. The van der Waals surface area contributed by atoms with Gasteiger partial charge < -0.3 is 14.8 Å². The predicted octanol–water partition coefficient (Wildman–Crippen LogP) is 5.65. The van der Waals surface area contributed by atoms with Crippen LogP contribution in [0.3, 0.4) is 0 Å². The summed E-state index contributed by atoms with van der Waals surface area (Å²) in [4.78, 5) is 25.5. The summed E-state index contributed by atoms with van der Waals surface area (Å²) in [7, 11) is 0. The normalized spacial score (nSPS) is 24.1. The number of nitro groups is 1. The first-order valence-corrected chi connectivity index (χ1v) is 13.1. The van der Waals surface area contributed by atoms with Crippen molar-refractivity contribution >= 4 is 39.1 Å². The Bertz CT molecular complexity index is 1390. The van der Waals surface area contributed by atoms with Gasteiger partial charge in [-0.15, -0.1) is 0 Å². The SMILES string of the molecule is CCOc1cc([C@@H]2[C@H](C)N[C@]3(C(=O)Nc4ccccc43)[C@H]2[N+](=O)[O-])cc(Br)c1OCc1cccc(Cl)c1. The third-order valence-electron chi connectivity index (χ3n) is 6.95. The summed E-state index contributed by atoms with van der Waals surface area (Å²) in [5.41, 5.74) is 1.24. The monoisotopic (exact) mass is 585 g/mol. The summed E-state index contributed by atoms with van der Waals surface area (Å²) in [6.07, 6.45) is 0. The van der Waals surface area contributed by atoms with E-state index in [9.17, 15) is 14.9 Å². The van der Waals surface area contributed by atoms with E-state index in [2.05, 4.69) is 26.6 Å². The van der Waals surface area contributed by atoms with Crippen molar-refractivity contribution in [2.45, 2.75) is 44.0 Å². The lowest BCUT2D eigenvalue weighted by Gasteiger charge is -2.26. The molecule has 3 aromatic carbocycles. The molecular formula is C27H25BrClN3O5. The fourth-order valence-corrected chi connectivity index (χ4v) is 6.31. The van der Waals surface area contributed by atoms with E-state index in [1.54, 1.807) is 36.4 Å². The Kier molecular flexibility index (Phi) is 6.87. The van der Waals surface area contributed by atoms with Crippen LogP contribution in [0.2, 0.25) is 5.02 Å². The molecule has 0 radical (unpaired) electrons. The molecule has 1 amide bonds. The van der Waals surface area contributed by atoms with Crippen LogP contribution in [0.4, 0.5) is 5.69 Å². The fourth-order valence-electron chi connectivity index (χ4n) is 5.52. The van der Waals surface area contributed by atoms with E-state index < -0.39 is 23.4 Å². The largest absolute Gasteiger partial charge is 0.490 e. The van der Waals surface area contributed by atoms with Crippen molar-refractivity contribution < 1.29 is 19.2 Å². The van der Waals surface area contributed by atoms with Crippen molar-refractivity contribution in [2.75, 3.05) is 11.9 Å². The maximum absolute atomic E-state index is 13.3. The van der Waals surface area contributed by atoms with Gasteiger partial charge in [-0.05, 0) is 71.2 Å². The van der Waals surface area contributed by atoms with Crippen LogP contribution in [-0.2, 0) is 16.9 Å². The summed E-state index contributed by atoms with van der Waals surface area (Å²) in [6, 6.07) is 16.4. The third-order valence-corrected chi connectivity index (χ3v) is 7.78. The first-order valence-electron chi connectivity index (χ1n) is 11.9. The van der Waals surface area contributed by atoms with Gasteiger partial charge in [0, 0.05) is 27.2 Å². The van der Waals surface area contributed by atoms with Gasteiger partial charge in [0.15, 0.2) is 17.0 Å². The molecule has 5 rings (SSSR count). The molecule has 37 heavy (non-hydrogen) atoms. The molecule has 8 nitrogen and oxygen atoms in total. The molecule has 4 atom stereocenters. The van der Waals surface area contributed by atoms with Gasteiger partial charge in [-0.1, -0.05) is 41.9 Å². The number of nitrogens with zero attached hydrogens (tertiary/aromatic N) is 1. The van der Waals surface area contributed by atoms with Gasteiger partial charge in [-0.3, -0.25) is 20.2 Å². The molecule has 1 spiro atoms. The minimum Gasteiger partial charge on any atom is -0.490 e. The van der Waals surface area contributed by atoms with Crippen LogP contribution in [0.1, 0.15) is 36.5 Å². The third kappa shape index (κ3) is 4.35. The number of hydrogen-bond acceptors (Lipinski definition) is 6. The maximum Gasteiger partial charge on any atom is 0.256 e. The molecule has 0 bridgehead atoms. The van der Waals surface area contributed by atoms with Gasteiger partial charge in [-0.2, -0.15) is 0 Å².